The van der Waals surface area contributed by atoms with E-state index in [9.17, 15) is 32.8 Å². The van der Waals surface area contributed by atoms with Crippen LogP contribution in [0, 0.1) is 5.41 Å². The van der Waals surface area contributed by atoms with E-state index in [2.05, 4.69) is 20.7 Å². The summed E-state index contributed by atoms with van der Waals surface area (Å²) >= 11 is 0. The number of alkyl halides is 2. The lowest BCUT2D eigenvalue weighted by Crippen LogP contribution is -2.57. The minimum atomic E-state index is -3.11. The van der Waals surface area contributed by atoms with Gasteiger partial charge in [-0.3, -0.25) is 19.2 Å². The van der Waals surface area contributed by atoms with Crippen molar-refractivity contribution in [3.8, 4) is 0 Å². The second kappa shape index (κ2) is 13.0. The quantitative estimate of drug-likeness (QED) is 0.309. The Bertz CT molecular complexity index is 932. The van der Waals surface area contributed by atoms with Crippen molar-refractivity contribution in [1.82, 2.24) is 20.9 Å². The van der Waals surface area contributed by atoms with Crippen LogP contribution >= 0.6 is 0 Å². The monoisotopic (exact) mass is 558 g/mol. The van der Waals surface area contributed by atoms with Gasteiger partial charge in [0.1, 0.15) is 12.1 Å². The lowest BCUT2D eigenvalue weighted by atomic mass is 9.72. The number of Topliss-reactive ketones (excluding diaryl/α,β-unsaturated/α-hetero) is 1. The maximum atomic E-state index is 13.7. The first-order valence-corrected chi connectivity index (χ1v) is 13.5. The summed E-state index contributed by atoms with van der Waals surface area (Å²) in [5.41, 5.74) is -0.321. The molecular weight excluding hydrogens is 518 g/mol. The molecule has 4 amide bonds. The molecule has 13 heteroatoms. The number of hydrogen-bond donors (Lipinski definition) is 3. The molecule has 220 valence electrons. The summed E-state index contributed by atoms with van der Waals surface area (Å²) in [5.74, 6) is -6.28. The van der Waals surface area contributed by atoms with Crippen LogP contribution in [0.2, 0.25) is 0 Å². The number of nitrogens with one attached hydrogen (secondary N) is 3. The number of nitrogens with zero attached hydrogens (tertiary/aromatic N) is 1. The van der Waals surface area contributed by atoms with Gasteiger partial charge < -0.3 is 30.3 Å². The van der Waals surface area contributed by atoms with Crippen molar-refractivity contribution in [3.63, 3.8) is 0 Å². The molecule has 3 rings (SSSR count). The smallest absolute Gasteiger partial charge is 0.407 e. The van der Waals surface area contributed by atoms with Gasteiger partial charge in [-0.25, -0.2) is 13.6 Å². The lowest BCUT2D eigenvalue weighted by molar-refractivity contribution is -0.143. The number of halogens is 2. The van der Waals surface area contributed by atoms with Gasteiger partial charge in [0.2, 0.25) is 23.5 Å². The standard InChI is InChI=1S/C26H40F2N4O7/c1-25(27,28)12-9-17(20(33)22(35)29-16-7-8-16)30-21(34)19-13-26(10-5-4-6-11-26)15-32(19)23(36)18(14-38-2)31-24(37)39-3/h16-19H,4-15H2,1-3H3,(H,29,35)(H,30,34)(H,31,37)/t17-,18?,19-/m0/s1. The third-order valence-corrected chi connectivity index (χ3v) is 7.76. The number of methoxy groups -OCH3 is 2. The highest BCUT2D eigenvalue weighted by atomic mass is 19.3. The molecule has 3 N–H and O–H groups in total. The summed E-state index contributed by atoms with van der Waals surface area (Å²) in [6.07, 6.45) is 4.30. The van der Waals surface area contributed by atoms with Gasteiger partial charge in [0.05, 0.1) is 19.8 Å². The molecule has 0 aromatic rings. The van der Waals surface area contributed by atoms with Gasteiger partial charge in [-0.15, -0.1) is 0 Å². The number of carbonyl (C=O) groups is 5. The number of ketones is 1. The molecule has 1 spiro atoms. The molecule has 0 aromatic carbocycles. The van der Waals surface area contributed by atoms with Crippen LogP contribution in [0.25, 0.3) is 0 Å². The summed E-state index contributed by atoms with van der Waals surface area (Å²) < 4.78 is 37.1. The van der Waals surface area contributed by atoms with Gasteiger partial charge in [0, 0.05) is 26.1 Å². The fourth-order valence-electron chi connectivity index (χ4n) is 5.51. The Morgan fingerprint density at radius 2 is 1.69 bits per heavy atom. The molecule has 3 aliphatic rings. The van der Waals surface area contributed by atoms with Crippen molar-refractivity contribution in [2.75, 3.05) is 27.4 Å². The minimum Gasteiger partial charge on any atom is -0.453 e. The third-order valence-electron chi connectivity index (χ3n) is 7.76. The highest BCUT2D eigenvalue weighted by Crippen LogP contribution is 2.46. The van der Waals surface area contributed by atoms with E-state index in [0.29, 0.717) is 13.3 Å². The van der Waals surface area contributed by atoms with Gasteiger partial charge >= 0.3 is 6.09 Å². The molecule has 3 atom stereocenters. The van der Waals surface area contributed by atoms with Crippen molar-refractivity contribution in [2.45, 2.75) is 101 Å². The third kappa shape index (κ3) is 8.58. The maximum absolute atomic E-state index is 13.7. The average molecular weight is 559 g/mol. The Hall–Kier alpha value is -2.83. The van der Waals surface area contributed by atoms with Crippen molar-refractivity contribution < 1.29 is 42.2 Å². The first-order valence-electron chi connectivity index (χ1n) is 13.5. The van der Waals surface area contributed by atoms with Crippen LogP contribution in [0.1, 0.15) is 71.1 Å². The molecule has 2 saturated carbocycles. The van der Waals surface area contributed by atoms with Crippen LogP contribution in [0.15, 0.2) is 0 Å². The number of carbonyl (C=O) groups excluding carboxylic acids is 5. The van der Waals surface area contributed by atoms with Gasteiger partial charge in [-0.2, -0.15) is 0 Å². The average Bonchev–Trinajstić information content (AvgIpc) is 3.63. The summed E-state index contributed by atoms with van der Waals surface area (Å²) in [7, 11) is 2.52. The second-order valence-corrected chi connectivity index (χ2v) is 11.2. The summed E-state index contributed by atoms with van der Waals surface area (Å²) in [6.45, 7) is 0.801. The Balaban J connectivity index is 1.83. The first kappa shape index (κ1) is 30.7. The van der Waals surface area contributed by atoms with Gasteiger partial charge in [-0.05, 0) is 50.9 Å². The van der Waals surface area contributed by atoms with Crippen LogP contribution in [-0.4, -0.2) is 92.0 Å². The predicted molar refractivity (Wildman–Crippen MR) is 135 cm³/mol. The largest absolute Gasteiger partial charge is 0.453 e. The van der Waals surface area contributed by atoms with Crippen LogP contribution in [0.3, 0.4) is 0 Å². The molecule has 1 saturated heterocycles. The fraction of sp³-hybridized carbons (Fsp3) is 0.808. The molecule has 0 bridgehead atoms. The normalized spacial score (nSPS) is 22.1. The van der Waals surface area contributed by atoms with Crippen LogP contribution in [-0.2, 0) is 28.7 Å². The summed E-state index contributed by atoms with van der Waals surface area (Å²) in [4.78, 5) is 65.8. The second-order valence-electron chi connectivity index (χ2n) is 11.2. The number of ether oxygens (including phenoxy) is 2. The number of hydrogen-bond acceptors (Lipinski definition) is 7. The molecule has 39 heavy (non-hydrogen) atoms. The Morgan fingerprint density at radius 3 is 2.26 bits per heavy atom. The van der Waals surface area contributed by atoms with E-state index < -0.39 is 66.5 Å². The van der Waals surface area contributed by atoms with Crippen molar-refractivity contribution >= 4 is 29.6 Å². The zero-order chi connectivity index (χ0) is 28.8. The van der Waals surface area contributed by atoms with Gasteiger partial charge in [-0.1, -0.05) is 19.3 Å². The van der Waals surface area contributed by atoms with E-state index in [-0.39, 0.29) is 24.6 Å². The molecule has 1 aliphatic heterocycles. The molecule has 2 aliphatic carbocycles. The van der Waals surface area contributed by atoms with E-state index in [1.807, 2.05) is 0 Å². The van der Waals surface area contributed by atoms with E-state index in [1.165, 1.54) is 12.0 Å². The molecular formula is C26H40F2N4O7. The van der Waals surface area contributed by atoms with Crippen molar-refractivity contribution in [2.24, 2.45) is 5.41 Å². The Labute approximate surface area is 227 Å². The van der Waals surface area contributed by atoms with Crippen LogP contribution in [0.4, 0.5) is 13.6 Å². The van der Waals surface area contributed by atoms with Crippen LogP contribution in [0.5, 0.6) is 0 Å². The van der Waals surface area contributed by atoms with Crippen LogP contribution < -0.4 is 16.0 Å². The Kier molecular flexibility index (Phi) is 10.2. The fourth-order valence-corrected chi connectivity index (χ4v) is 5.51. The van der Waals surface area contributed by atoms with E-state index in [0.717, 1.165) is 52.1 Å². The lowest BCUT2D eigenvalue weighted by Gasteiger charge is -2.33. The number of likely N-dealkylation sites (tertiary alicyclic amines) is 1. The van der Waals surface area contributed by atoms with E-state index in [1.54, 1.807) is 0 Å². The number of rotatable bonds is 12. The molecule has 0 radical (unpaired) electrons. The first-order chi connectivity index (χ1) is 18.4. The topological polar surface area (TPSA) is 143 Å². The predicted octanol–water partition coefficient (Wildman–Crippen LogP) is 1.68. The van der Waals surface area contributed by atoms with E-state index in [4.69, 9.17) is 4.74 Å². The molecule has 3 fully saturated rings. The highest BCUT2D eigenvalue weighted by Gasteiger charge is 2.50. The molecule has 1 unspecified atom stereocenters. The summed E-state index contributed by atoms with van der Waals surface area (Å²) in [5, 5.41) is 7.49. The Morgan fingerprint density at radius 1 is 1.03 bits per heavy atom. The number of alkyl carbamates (subject to hydrolysis) is 1. The number of amides is 4. The molecule has 0 aromatic heterocycles. The SMILES string of the molecule is COCC(NC(=O)OC)C(=O)N1CC2(CCCCC2)C[C@H]1C(=O)N[C@@H](CCC(C)(F)F)C(=O)C(=O)NC1CC1. The van der Waals surface area contributed by atoms with E-state index >= 15 is 0 Å². The summed E-state index contributed by atoms with van der Waals surface area (Å²) in [6, 6.07) is -3.74. The maximum Gasteiger partial charge on any atom is 0.407 e. The van der Waals surface area contributed by atoms with Gasteiger partial charge in [0.15, 0.2) is 0 Å². The van der Waals surface area contributed by atoms with Crippen molar-refractivity contribution in [1.29, 1.82) is 0 Å². The van der Waals surface area contributed by atoms with Crippen molar-refractivity contribution in [3.05, 3.63) is 0 Å². The van der Waals surface area contributed by atoms with Gasteiger partial charge in [0.25, 0.3) is 5.91 Å². The highest BCUT2D eigenvalue weighted by molar-refractivity contribution is 6.38. The minimum absolute atomic E-state index is 0.125. The molecule has 11 nitrogen and oxygen atoms in total. The zero-order valence-corrected chi connectivity index (χ0v) is 22.9. The zero-order valence-electron chi connectivity index (χ0n) is 22.9. The molecule has 1 heterocycles.